The molecule has 0 bridgehead atoms. The SMILES string of the molecule is COC1=C(O)c2cc3c(c(O)c2C(=O)C1=O)[C@H](C)O[C@H](C)C3. The van der Waals surface area contributed by atoms with Gasteiger partial charge in [-0.25, -0.2) is 0 Å². The lowest BCUT2D eigenvalue weighted by Crippen LogP contribution is -2.28. The van der Waals surface area contributed by atoms with E-state index in [0.717, 1.165) is 5.56 Å². The van der Waals surface area contributed by atoms with Crippen molar-refractivity contribution < 1.29 is 29.3 Å². The lowest BCUT2D eigenvalue weighted by atomic mass is 9.84. The second kappa shape index (κ2) is 4.84. The number of carbonyl (C=O) groups is 2. The largest absolute Gasteiger partial charge is 0.507 e. The molecular formula is C16H16O6. The zero-order chi connectivity index (χ0) is 16.2. The molecule has 22 heavy (non-hydrogen) atoms. The van der Waals surface area contributed by atoms with Crippen molar-refractivity contribution >= 4 is 17.3 Å². The van der Waals surface area contributed by atoms with Gasteiger partial charge in [0, 0.05) is 11.1 Å². The minimum atomic E-state index is -0.972. The third-order valence-electron chi connectivity index (χ3n) is 4.09. The van der Waals surface area contributed by atoms with Crippen LogP contribution in [-0.2, 0) is 20.7 Å². The molecule has 1 aliphatic carbocycles. The quantitative estimate of drug-likeness (QED) is 0.771. The maximum Gasteiger partial charge on any atom is 0.272 e. The Morgan fingerprint density at radius 1 is 1.23 bits per heavy atom. The van der Waals surface area contributed by atoms with E-state index in [1.165, 1.54) is 7.11 Å². The Kier molecular flexibility index (Phi) is 3.21. The number of aliphatic hydroxyl groups is 1. The summed E-state index contributed by atoms with van der Waals surface area (Å²) in [6, 6.07) is 1.62. The number of fused-ring (bicyclic) bond motifs is 2. The van der Waals surface area contributed by atoms with E-state index in [1.807, 2.05) is 6.92 Å². The van der Waals surface area contributed by atoms with Crippen molar-refractivity contribution in [3.05, 3.63) is 34.1 Å². The van der Waals surface area contributed by atoms with Crippen LogP contribution in [0.1, 0.15) is 47.0 Å². The average molecular weight is 304 g/mol. The average Bonchev–Trinajstić information content (AvgIpc) is 2.44. The molecule has 0 amide bonds. The molecule has 1 aliphatic heterocycles. The predicted octanol–water partition coefficient (Wildman–Crippen LogP) is 2.05. The van der Waals surface area contributed by atoms with E-state index in [1.54, 1.807) is 13.0 Å². The maximum atomic E-state index is 12.2. The fraction of sp³-hybridized carbons (Fsp3) is 0.375. The van der Waals surface area contributed by atoms with Crippen LogP contribution in [0.15, 0.2) is 11.8 Å². The Balaban J connectivity index is 2.33. The number of ether oxygens (including phenoxy) is 2. The fourth-order valence-electron chi connectivity index (χ4n) is 3.19. The smallest absolute Gasteiger partial charge is 0.272 e. The fourth-order valence-corrected chi connectivity index (χ4v) is 3.19. The Bertz CT molecular complexity index is 731. The van der Waals surface area contributed by atoms with Crippen molar-refractivity contribution in [2.75, 3.05) is 7.11 Å². The molecule has 3 rings (SSSR count). The monoisotopic (exact) mass is 304 g/mol. The molecule has 0 fully saturated rings. The first-order valence-corrected chi connectivity index (χ1v) is 6.97. The highest BCUT2D eigenvalue weighted by Gasteiger charge is 2.39. The van der Waals surface area contributed by atoms with E-state index >= 15 is 0 Å². The normalized spacial score (nSPS) is 24.1. The van der Waals surface area contributed by atoms with Gasteiger partial charge < -0.3 is 19.7 Å². The topological polar surface area (TPSA) is 93.1 Å². The molecule has 2 atom stereocenters. The van der Waals surface area contributed by atoms with Crippen molar-refractivity contribution in [3.63, 3.8) is 0 Å². The number of Topliss-reactive ketones (excluding diaryl/α,β-unsaturated/α-hetero) is 2. The molecule has 6 nitrogen and oxygen atoms in total. The number of benzene rings is 1. The number of phenols is 1. The number of methoxy groups -OCH3 is 1. The highest BCUT2D eigenvalue weighted by Crippen LogP contribution is 2.43. The van der Waals surface area contributed by atoms with Gasteiger partial charge in [0.2, 0.25) is 11.5 Å². The molecule has 0 saturated heterocycles. The van der Waals surface area contributed by atoms with E-state index in [9.17, 15) is 19.8 Å². The number of allylic oxidation sites excluding steroid dienone is 1. The number of hydrogen-bond donors (Lipinski definition) is 2. The molecule has 0 spiro atoms. The lowest BCUT2D eigenvalue weighted by molar-refractivity contribution is -0.114. The summed E-state index contributed by atoms with van der Waals surface area (Å²) in [5.41, 5.74) is 1.21. The first-order chi connectivity index (χ1) is 10.4. The summed E-state index contributed by atoms with van der Waals surface area (Å²) in [6.45, 7) is 3.67. The summed E-state index contributed by atoms with van der Waals surface area (Å²) in [5.74, 6) is -2.99. The van der Waals surface area contributed by atoms with Crippen LogP contribution in [0.2, 0.25) is 0 Å². The van der Waals surface area contributed by atoms with Gasteiger partial charge in [-0.05, 0) is 31.9 Å². The van der Waals surface area contributed by atoms with Crippen LogP contribution in [-0.4, -0.2) is 35.0 Å². The van der Waals surface area contributed by atoms with Crippen LogP contribution < -0.4 is 0 Å². The van der Waals surface area contributed by atoms with Crippen LogP contribution >= 0.6 is 0 Å². The van der Waals surface area contributed by atoms with Gasteiger partial charge in [-0.3, -0.25) is 9.59 Å². The highest BCUT2D eigenvalue weighted by molar-refractivity contribution is 6.52. The van der Waals surface area contributed by atoms with E-state index in [-0.39, 0.29) is 23.0 Å². The zero-order valence-electron chi connectivity index (χ0n) is 12.5. The zero-order valence-corrected chi connectivity index (χ0v) is 12.5. The van der Waals surface area contributed by atoms with Crippen molar-refractivity contribution in [1.29, 1.82) is 0 Å². The van der Waals surface area contributed by atoms with Crippen LogP contribution in [0.4, 0.5) is 0 Å². The van der Waals surface area contributed by atoms with E-state index < -0.39 is 29.2 Å². The van der Waals surface area contributed by atoms with Crippen LogP contribution in [0.5, 0.6) is 5.75 Å². The minimum absolute atomic E-state index is 0.0473. The second-order valence-electron chi connectivity index (χ2n) is 5.55. The van der Waals surface area contributed by atoms with Gasteiger partial charge in [-0.1, -0.05) is 0 Å². The minimum Gasteiger partial charge on any atom is -0.507 e. The number of carbonyl (C=O) groups excluding carboxylic acids is 2. The first-order valence-electron chi connectivity index (χ1n) is 6.97. The van der Waals surface area contributed by atoms with Crippen LogP contribution in [0.3, 0.4) is 0 Å². The summed E-state index contributed by atoms with van der Waals surface area (Å²) in [5, 5.41) is 20.7. The summed E-state index contributed by atoms with van der Waals surface area (Å²) < 4.78 is 10.5. The molecule has 0 aromatic heterocycles. The van der Waals surface area contributed by atoms with Crippen molar-refractivity contribution in [2.24, 2.45) is 0 Å². The van der Waals surface area contributed by atoms with Crippen LogP contribution in [0, 0.1) is 0 Å². The predicted molar refractivity (Wildman–Crippen MR) is 76.7 cm³/mol. The standard InChI is InChI=1S/C16H16O6/c1-6-4-8-5-9-11(13(18)10(8)7(2)22-6)14(19)15(20)16(21-3)12(9)17/h5-7,17-18H,4H2,1-3H3/t6-,7+/m1/s1. The summed E-state index contributed by atoms with van der Waals surface area (Å²) >= 11 is 0. The highest BCUT2D eigenvalue weighted by atomic mass is 16.5. The summed E-state index contributed by atoms with van der Waals surface area (Å²) in [6.07, 6.45) is 0.0916. The molecular weight excluding hydrogens is 288 g/mol. The Hall–Kier alpha value is -2.34. The van der Waals surface area contributed by atoms with Gasteiger partial charge in [-0.15, -0.1) is 0 Å². The van der Waals surface area contributed by atoms with Gasteiger partial charge >= 0.3 is 0 Å². The molecule has 0 saturated carbocycles. The molecule has 1 aromatic carbocycles. The van der Waals surface area contributed by atoms with E-state index in [4.69, 9.17) is 9.47 Å². The first kappa shape index (κ1) is 14.6. The number of rotatable bonds is 1. The Morgan fingerprint density at radius 3 is 2.55 bits per heavy atom. The van der Waals surface area contributed by atoms with E-state index in [2.05, 4.69) is 0 Å². The van der Waals surface area contributed by atoms with Crippen molar-refractivity contribution in [1.82, 2.24) is 0 Å². The number of aromatic hydroxyl groups is 1. The van der Waals surface area contributed by atoms with Gasteiger partial charge in [0.1, 0.15) is 5.75 Å². The number of aliphatic hydroxyl groups excluding tert-OH is 1. The summed E-state index contributed by atoms with van der Waals surface area (Å²) in [7, 11) is 1.21. The van der Waals surface area contributed by atoms with Gasteiger partial charge in [0.05, 0.1) is 24.9 Å². The molecule has 0 unspecified atom stereocenters. The third kappa shape index (κ3) is 1.84. The van der Waals surface area contributed by atoms with Gasteiger partial charge in [0.25, 0.3) is 5.78 Å². The maximum absolute atomic E-state index is 12.2. The van der Waals surface area contributed by atoms with Gasteiger partial charge in [-0.2, -0.15) is 0 Å². The molecule has 0 radical (unpaired) electrons. The Labute approximate surface area is 127 Å². The number of ketones is 2. The van der Waals surface area contributed by atoms with E-state index in [0.29, 0.717) is 12.0 Å². The van der Waals surface area contributed by atoms with Crippen molar-refractivity contribution in [2.45, 2.75) is 32.5 Å². The molecule has 2 N–H and O–H groups in total. The molecule has 1 aromatic rings. The molecule has 116 valence electrons. The summed E-state index contributed by atoms with van der Waals surface area (Å²) in [4.78, 5) is 24.2. The lowest BCUT2D eigenvalue weighted by Gasteiger charge is -2.31. The van der Waals surface area contributed by atoms with Crippen molar-refractivity contribution in [3.8, 4) is 5.75 Å². The number of hydrogen-bond acceptors (Lipinski definition) is 6. The third-order valence-corrected chi connectivity index (χ3v) is 4.09. The molecule has 1 heterocycles. The second-order valence-corrected chi connectivity index (χ2v) is 5.55. The number of phenolic OH excluding ortho intramolecular Hbond substituents is 1. The molecule has 6 heteroatoms. The van der Waals surface area contributed by atoms with Crippen LogP contribution in [0.25, 0.3) is 5.76 Å². The molecule has 2 aliphatic rings. The van der Waals surface area contributed by atoms with Gasteiger partial charge in [0.15, 0.2) is 5.76 Å². The Morgan fingerprint density at radius 2 is 1.91 bits per heavy atom.